The summed E-state index contributed by atoms with van der Waals surface area (Å²) in [5, 5.41) is 12.2. The second kappa shape index (κ2) is 21.0. The standard InChI is InChI=1S/C48H49ClF2N4O11/c1-28-20-30(11-18-41(28)62-2)26-53(34-14-15-34)47(58)43-37(32-12-9-29(10-13-32)7-5-19-64-45-39(51)17-16-38(50)44(45)49)24-35-22-33(46(57)52-25-42(56)63-3)23-40(43)54(35)48(59)66-36-8-4-6-31(21-36)27-65-55(60)61/h4,6,8-13,16-18,20-21,33-35,40H,5,7,14-15,19,22-27H2,1-3H3,(H,52,57). The Balaban J connectivity index is 1.24. The van der Waals surface area contributed by atoms with Crippen LogP contribution in [0.4, 0.5) is 13.6 Å². The maximum absolute atomic E-state index is 15.5. The first-order valence-corrected chi connectivity index (χ1v) is 21.9. The fourth-order valence-electron chi connectivity index (χ4n) is 8.66. The summed E-state index contributed by atoms with van der Waals surface area (Å²) in [6.45, 7) is 1.52. The van der Waals surface area contributed by atoms with Crippen LogP contribution in [0.2, 0.25) is 5.02 Å². The van der Waals surface area contributed by atoms with Crippen molar-refractivity contribution in [2.24, 2.45) is 5.92 Å². The molecule has 15 nitrogen and oxygen atoms in total. The van der Waals surface area contributed by atoms with Crippen molar-refractivity contribution in [3.63, 3.8) is 0 Å². The zero-order chi connectivity index (χ0) is 47.1. The van der Waals surface area contributed by atoms with Crippen molar-refractivity contribution in [2.45, 2.75) is 83.1 Å². The number of ether oxygens (including phenoxy) is 4. The van der Waals surface area contributed by atoms with Gasteiger partial charge in [0, 0.05) is 30.1 Å². The van der Waals surface area contributed by atoms with Crippen molar-refractivity contribution in [3.8, 4) is 17.2 Å². The molecule has 3 aliphatic rings. The zero-order valence-electron chi connectivity index (χ0n) is 36.6. The van der Waals surface area contributed by atoms with Gasteiger partial charge in [-0.05, 0) is 116 Å². The Kier molecular flexibility index (Phi) is 15.1. The van der Waals surface area contributed by atoms with Gasteiger partial charge in [0.2, 0.25) is 5.91 Å². The third-order valence-electron chi connectivity index (χ3n) is 12.0. The van der Waals surface area contributed by atoms with Crippen LogP contribution < -0.4 is 19.5 Å². The first kappa shape index (κ1) is 47.2. The zero-order valence-corrected chi connectivity index (χ0v) is 37.3. The number of carbonyl (C=O) groups excluding carboxylic acids is 4. The van der Waals surface area contributed by atoms with Crippen LogP contribution in [0.3, 0.4) is 0 Å². The summed E-state index contributed by atoms with van der Waals surface area (Å²) >= 11 is 5.93. The van der Waals surface area contributed by atoms with Crippen molar-refractivity contribution in [3.05, 3.63) is 139 Å². The number of nitrogens with one attached hydrogen (secondary N) is 1. The number of amides is 3. The van der Waals surface area contributed by atoms with Crippen LogP contribution in [0.15, 0.2) is 84.4 Å². The summed E-state index contributed by atoms with van der Waals surface area (Å²) in [7, 11) is 2.80. The molecule has 66 heavy (non-hydrogen) atoms. The summed E-state index contributed by atoms with van der Waals surface area (Å²) in [5.74, 6) is -3.18. The van der Waals surface area contributed by atoms with Gasteiger partial charge in [-0.25, -0.2) is 13.6 Å². The van der Waals surface area contributed by atoms with Gasteiger partial charge in [-0.1, -0.05) is 60.1 Å². The molecule has 2 aliphatic heterocycles. The van der Waals surface area contributed by atoms with Crippen molar-refractivity contribution < 1.29 is 56.8 Å². The van der Waals surface area contributed by atoms with E-state index in [1.54, 1.807) is 19.2 Å². The summed E-state index contributed by atoms with van der Waals surface area (Å²) in [4.78, 5) is 74.5. The number of hydrogen-bond acceptors (Lipinski definition) is 11. The quantitative estimate of drug-likeness (QED) is 0.0337. The van der Waals surface area contributed by atoms with Gasteiger partial charge in [-0.15, -0.1) is 10.1 Å². The molecule has 4 aromatic carbocycles. The Morgan fingerprint density at radius 1 is 0.939 bits per heavy atom. The molecule has 0 aromatic heterocycles. The summed E-state index contributed by atoms with van der Waals surface area (Å²) in [5.41, 5.74) is 4.82. The molecule has 1 saturated heterocycles. The number of hydrogen-bond donors (Lipinski definition) is 1. The highest BCUT2D eigenvalue weighted by atomic mass is 35.5. The Morgan fingerprint density at radius 2 is 1.68 bits per heavy atom. The second-order valence-electron chi connectivity index (χ2n) is 16.4. The Morgan fingerprint density at radius 3 is 2.38 bits per heavy atom. The lowest BCUT2D eigenvalue weighted by Crippen LogP contribution is -2.60. The molecule has 1 saturated carbocycles. The summed E-state index contributed by atoms with van der Waals surface area (Å²) < 4.78 is 49.9. The molecule has 4 aromatic rings. The van der Waals surface area contributed by atoms with E-state index in [2.05, 4.69) is 10.2 Å². The molecule has 3 unspecified atom stereocenters. The van der Waals surface area contributed by atoms with Crippen molar-refractivity contribution >= 4 is 41.1 Å². The lowest BCUT2D eigenvalue weighted by Gasteiger charge is -2.49. The van der Waals surface area contributed by atoms with Crippen LogP contribution in [-0.2, 0) is 43.5 Å². The highest BCUT2D eigenvalue weighted by Crippen LogP contribution is 2.46. The average molecular weight is 931 g/mol. The largest absolute Gasteiger partial charge is 0.496 e. The van der Waals surface area contributed by atoms with E-state index in [1.165, 1.54) is 24.1 Å². The molecule has 7 rings (SSSR count). The van der Waals surface area contributed by atoms with E-state index in [9.17, 15) is 33.3 Å². The molecular formula is C48H49ClF2N4O11. The van der Waals surface area contributed by atoms with Gasteiger partial charge < -0.3 is 34.0 Å². The fourth-order valence-corrected chi connectivity index (χ4v) is 8.87. The first-order chi connectivity index (χ1) is 31.7. The normalized spacial score (nSPS) is 17.7. The predicted molar refractivity (Wildman–Crippen MR) is 236 cm³/mol. The smallest absolute Gasteiger partial charge is 0.416 e. The molecule has 0 radical (unpaired) electrons. The van der Waals surface area contributed by atoms with Crippen molar-refractivity contribution in [2.75, 3.05) is 27.4 Å². The summed E-state index contributed by atoms with van der Waals surface area (Å²) in [6, 6.07) is 19.7. The van der Waals surface area contributed by atoms with E-state index < -0.39 is 57.7 Å². The molecule has 2 heterocycles. The van der Waals surface area contributed by atoms with Gasteiger partial charge >= 0.3 is 12.1 Å². The molecule has 2 bridgehead atoms. The molecule has 3 atom stereocenters. The number of aryl methyl sites for hydroxylation is 2. The number of rotatable bonds is 18. The summed E-state index contributed by atoms with van der Waals surface area (Å²) in [6.07, 6.45) is 2.09. The number of benzene rings is 4. The monoisotopic (exact) mass is 930 g/mol. The average Bonchev–Trinajstić information content (AvgIpc) is 4.15. The third-order valence-corrected chi connectivity index (χ3v) is 12.4. The molecule has 2 fully saturated rings. The maximum Gasteiger partial charge on any atom is 0.416 e. The minimum absolute atomic E-state index is 0.0219. The molecule has 0 spiro atoms. The Labute approximate surface area is 384 Å². The molecule has 3 amide bonds. The fraction of sp³-hybridized carbons (Fsp3) is 0.375. The maximum atomic E-state index is 15.5. The van der Waals surface area contributed by atoms with E-state index >= 15 is 4.79 Å². The highest BCUT2D eigenvalue weighted by Gasteiger charge is 2.50. The third kappa shape index (κ3) is 11.2. The van der Waals surface area contributed by atoms with Crippen molar-refractivity contribution in [1.29, 1.82) is 0 Å². The second-order valence-corrected chi connectivity index (χ2v) is 16.8. The van der Waals surface area contributed by atoms with Crippen LogP contribution in [0.1, 0.15) is 66.3 Å². The number of carbonyl (C=O) groups is 4. The number of halogens is 3. The van der Waals surface area contributed by atoms with Gasteiger partial charge in [0.1, 0.15) is 35.5 Å². The van der Waals surface area contributed by atoms with Gasteiger partial charge in [0.05, 0.1) is 26.9 Å². The van der Waals surface area contributed by atoms with E-state index in [0.29, 0.717) is 35.3 Å². The molecule has 18 heteroatoms. The van der Waals surface area contributed by atoms with Crippen LogP contribution in [0.25, 0.3) is 5.57 Å². The van der Waals surface area contributed by atoms with Crippen LogP contribution in [0.5, 0.6) is 17.2 Å². The van der Waals surface area contributed by atoms with E-state index in [4.69, 9.17) is 30.5 Å². The minimum atomic E-state index is -0.965. The van der Waals surface area contributed by atoms with E-state index in [0.717, 1.165) is 47.2 Å². The number of esters is 1. The molecule has 348 valence electrons. The van der Waals surface area contributed by atoms with Gasteiger partial charge in [-0.2, -0.15) is 0 Å². The number of fused-ring (bicyclic) bond motifs is 2. The van der Waals surface area contributed by atoms with Crippen molar-refractivity contribution in [1.82, 2.24) is 15.1 Å². The number of piperidine rings is 1. The van der Waals surface area contributed by atoms with Gasteiger partial charge in [-0.3, -0.25) is 19.3 Å². The van der Waals surface area contributed by atoms with E-state index in [1.807, 2.05) is 54.3 Å². The number of nitrogens with zero attached hydrogens (tertiary/aromatic N) is 3. The topological polar surface area (TPSA) is 176 Å². The lowest BCUT2D eigenvalue weighted by atomic mass is 9.73. The number of methoxy groups -OCH3 is 2. The predicted octanol–water partition coefficient (Wildman–Crippen LogP) is 7.94. The lowest BCUT2D eigenvalue weighted by molar-refractivity contribution is -0.763. The van der Waals surface area contributed by atoms with Gasteiger partial charge in [0.15, 0.2) is 11.6 Å². The minimum Gasteiger partial charge on any atom is -0.496 e. The first-order valence-electron chi connectivity index (χ1n) is 21.5. The highest BCUT2D eigenvalue weighted by molar-refractivity contribution is 6.32. The van der Waals surface area contributed by atoms with E-state index in [-0.39, 0.29) is 69.0 Å². The SMILES string of the molecule is COC(=O)CNC(=O)C1CC2CC(c3ccc(CCCOc4c(F)ccc(F)c4Cl)cc3)=C(C(=O)N(Cc3ccc(OC)c(C)c3)C3CC3)C(C1)N2C(=O)Oc1cccc(CO[N+](=O)[O-])c1. The van der Waals surface area contributed by atoms with Crippen LogP contribution in [0, 0.1) is 34.6 Å². The van der Waals surface area contributed by atoms with Gasteiger partial charge in [0.25, 0.3) is 11.0 Å². The molecular weight excluding hydrogens is 882 g/mol. The molecule has 1 aliphatic carbocycles. The van der Waals surface area contributed by atoms with Crippen LogP contribution in [-0.4, -0.2) is 84.3 Å². The van der Waals surface area contributed by atoms with Crippen LogP contribution >= 0.6 is 11.6 Å². The molecule has 1 N–H and O–H groups in total. The Hall–Kier alpha value is -6.75. The Bertz CT molecular complexity index is 2520.